The third kappa shape index (κ3) is 6.47. The van der Waals surface area contributed by atoms with Gasteiger partial charge in [-0.2, -0.15) is 0 Å². The van der Waals surface area contributed by atoms with Gasteiger partial charge in [-0.1, -0.05) is 87.2 Å². The first kappa shape index (κ1) is 30.2. The molecule has 8 aromatic rings. The number of aryl methyl sites for hydroxylation is 2. The first-order valence-electron chi connectivity index (χ1n) is 17.8. The van der Waals surface area contributed by atoms with Gasteiger partial charge in [0.2, 0.25) is 0 Å². The van der Waals surface area contributed by atoms with Gasteiger partial charge in [-0.25, -0.2) is 4.98 Å². The zero-order valence-electron chi connectivity index (χ0n) is 31.1. The van der Waals surface area contributed by atoms with E-state index in [1.54, 1.807) is 18.2 Å². The number of pyridine rings is 2. The van der Waals surface area contributed by atoms with Gasteiger partial charge >= 0.3 is 0 Å². The summed E-state index contributed by atoms with van der Waals surface area (Å²) in [5.41, 5.74) is 10.9. The number of nitrogens with zero attached hydrogens (tertiary/aromatic N) is 4. The number of benzene rings is 4. The molecule has 1 radical (unpaired) electrons. The van der Waals surface area contributed by atoms with Gasteiger partial charge in [0.15, 0.2) is 5.65 Å². The topological polar surface area (TPSA) is 56.7 Å². The molecule has 5 nitrogen and oxygen atoms in total. The van der Waals surface area contributed by atoms with Crippen LogP contribution in [0.4, 0.5) is 0 Å². The van der Waals surface area contributed by atoms with Crippen LogP contribution in [0.3, 0.4) is 0 Å². The number of hydrogen-bond acceptors (Lipinski definition) is 4. The predicted octanol–water partition coefficient (Wildman–Crippen LogP) is 11.2. The van der Waals surface area contributed by atoms with Crippen molar-refractivity contribution in [2.75, 3.05) is 0 Å². The van der Waals surface area contributed by atoms with Gasteiger partial charge in [0.05, 0.1) is 16.9 Å². The van der Waals surface area contributed by atoms with E-state index in [-0.39, 0.29) is 25.7 Å². The first-order chi connectivity index (χ1) is 24.5. The average Bonchev–Trinajstić information content (AvgIpc) is 3.71. The predicted molar refractivity (Wildman–Crippen MR) is 197 cm³/mol. The SMILES string of the molecule is Cc1ccnc2c1nc(-c1[c-]ccc3c1oc1ccccc13)n2-c1c(C(C)C)cccc1C(C)C.[2H]C([2H])([2H])c1ccc(-c2[c-]cccc2)nc1.[Ir]. The summed E-state index contributed by atoms with van der Waals surface area (Å²) >= 11 is 0. The van der Waals surface area contributed by atoms with E-state index in [9.17, 15) is 0 Å². The summed E-state index contributed by atoms with van der Waals surface area (Å²) < 4.78 is 30.3. The molecule has 0 unspecified atom stereocenters. The largest absolute Gasteiger partial charge is 0.501 e. The number of furan rings is 1. The summed E-state index contributed by atoms with van der Waals surface area (Å²) in [6.07, 6.45) is 3.27. The Morgan fingerprint density at radius 2 is 1.55 bits per heavy atom. The molecule has 0 aliphatic carbocycles. The summed E-state index contributed by atoms with van der Waals surface area (Å²) in [5, 5.41) is 2.17. The maximum atomic E-state index is 7.23. The molecule has 247 valence electrons. The fourth-order valence-electron chi connectivity index (χ4n) is 6.21. The maximum absolute atomic E-state index is 7.23. The Morgan fingerprint density at radius 3 is 2.24 bits per heavy atom. The number of fused-ring (bicyclic) bond motifs is 4. The van der Waals surface area contributed by atoms with Gasteiger partial charge in [-0.15, -0.1) is 54.1 Å². The maximum Gasteiger partial charge on any atom is 0.155 e. The molecule has 4 aromatic carbocycles. The van der Waals surface area contributed by atoms with Crippen LogP contribution >= 0.6 is 0 Å². The number of para-hydroxylation sites is 2. The second-order valence-electron chi connectivity index (χ2n) is 12.6. The molecule has 0 bridgehead atoms. The standard InChI is InChI=1S/C31H28N3O.C12H10N.Ir/c1-18(2)21-11-8-12-22(19(3)4)28(21)34-30(33-27-20(5)16-17-32-31(27)34)25-14-9-13-24-23-10-6-7-15-26(23)35-29(24)25;1-10-7-8-12(13-9-10)11-5-3-2-4-6-11;/h6-13,15-19H,1-5H3;2-5,7-9H,1H3;/q2*-1;/i;1D3;. The quantitative estimate of drug-likeness (QED) is 0.162. The Balaban J connectivity index is 0.000000230. The van der Waals surface area contributed by atoms with Crippen LogP contribution in [-0.4, -0.2) is 19.5 Å². The molecule has 0 fully saturated rings. The van der Waals surface area contributed by atoms with E-state index >= 15 is 0 Å². The zero-order chi connectivity index (χ0) is 35.9. The van der Waals surface area contributed by atoms with Crippen LogP contribution in [0, 0.1) is 25.9 Å². The molecule has 0 spiro atoms. The van der Waals surface area contributed by atoms with E-state index in [1.807, 2.05) is 54.7 Å². The molecule has 0 aliphatic heterocycles. The van der Waals surface area contributed by atoms with Gasteiger partial charge in [-0.05, 0) is 65.7 Å². The van der Waals surface area contributed by atoms with Crippen molar-refractivity contribution >= 4 is 33.1 Å². The molecule has 0 aliphatic rings. The van der Waals surface area contributed by atoms with Crippen LogP contribution in [0.1, 0.15) is 65.9 Å². The molecule has 0 saturated heterocycles. The van der Waals surface area contributed by atoms with Crippen molar-refractivity contribution < 1.29 is 28.6 Å². The normalized spacial score (nSPS) is 12.4. The van der Waals surface area contributed by atoms with E-state index in [1.165, 1.54) is 17.3 Å². The van der Waals surface area contributed by atoms with Gasteiger partial charge in [0.1, 0.15) is 5.58 Å². The van der Waals surface area contributed by atoms with Gasteiger partial charge in [0.25, 0.3) is 0 Å². The van der Waals surface area contributed by atoms with Gasteiger partial charge in [-0.3, -0.25) is 4.98 Å². The number of aromatic nitrogens is 4. The Bertz CT molecular complexity index is 2460. The van der Waals surface area contributed by atoms with Crippen LogP contribution in [-0.2, 0) is 20.1 Å². The molecule has 4 aromatic heterocycles. The molecule has 49 heavy (non-hydrogen) atoms. The molecular formula is C43H38IrN4O-2. The van der Waals surface area contributed by atoms with E-state index in [0.717, 1.165) is 67.0 Å². The second-order valence-corrected chi connectivity index (χ2v) is 12.6. The van der Waals surface area contributed by atoms with Gasteiger partial charge < -0.3 is 14.0 Å². The van der Waals surface area contributed by atoms with Crippen molar-refractivity contribution in [1.29, 1.82) is 0 Å². The molecule has 8 rings (SSSR count). The summed E-state index contributed by atoms with van der Waals surface area (Å²) in [5.74, 6) is 1.48. The zero-order valence-corrected chi connectivity index (χ0v) is 30.5. The van der Waals surface area contributed by atoms with E-state index in [0.29, 0.717) is 11.8 Å². The number of hydrogen-bond donors (Lipinski definition) is 0. The molecule has 6 heteroatoms. The molecule has 0 saturated carbocycles. The number of imidazole rings is 1. The van der Waals surface area contributed by atoms with Crippen molar-refractivity contribution in [2.45, 2.75) is 53.3 Å². The van der Waals surface area contributed by atoms with Crippen LogP contribution in [0.25, 0.3) is 61.4 Å². The van der Waals surface area contributed by atoms with Crippen LogP contribution in [0.15, 0.2) is 114 Å². The summed E-state index contributed by atoms with van der Waals surface area (Å²) in [7, 11) is 0. The summed E-state index contributed by atoms with van der Waals surface area (Å²) in [6.45, 7) is 8.97. The van der Waals surface area contributed by atoms with Crippen LogP contribution < -0.4 is 0 Å². The Hall–Kier alpha value is -4.90. The molecule has 4 heterocycles. The summed E-state index contributed by atoms with van der Waals surface area (Å²) in [4.78, 5) is 14.2. The number of rotatable bonds is 5. The molecule has 0 N–H and O–H groups in total. The molecular weight excluding hydrogens is 781 g/mol. The van der Waals surface area contributed by atoms with Gasteiger partial charge in [0, 0.05) is 47.7 Å². The van der Waals surface area contributed by atoms with E-state index < -0.39 is 6.85 Å². The van der Waals surface area contributed by atoms with Crippen LogP contribution in [0.2, 0.25) is 0 Å². The third-order valence-corrected chi connectivity index (χ3v) is 8.62. The first-order valence-corrected chi connectivity index (χ1v) is 16.3. The smallest absolute Gasteiger partial charge is 0.155 e. The monoisotopic (exact) mass is 822 g/mol. The summed E-state index contributed by atoms with van der Waals surface area (Å²) in [6, 6.07) is 38.1. The fraction of sp³-hybridized carbons (Fsp3) is 0.186. The Kier molecular flexibility index (Phi) is 8.80. The minimum Gasteiger partial charge on any atom is -0.501 e. The third-order valence-electron chi connectivity index (χ3n) is 8.62. The van der Waals surface area contributed by atoms with Crippen molar-refractivity contribution in [3.05, 3.63) is 144 Å². The average molecular weight is 822 g/mol. The Labute approximate surface area is 305 Å². The molecule has 0 amide bonds. The minimum absolute atomic E-state index is 0. The van der Waals surface area contributed by atoms with Crippen molar-refractivity contribution in [3.8, 4) is 28.3 Å². The minimum atomic E-state index is -2.09. The Morgan fingerprint density at radius 1 is 0.776 bits per heavy atom. The van der Waals surface area contributed by atoms with E-state index in [4.69, 9.17) is 18.5 Å². The van der Waals surface area contributed by atoms with Crippen molar-refractivity contribution in [3.63, 3.8) is 0 Å². The second kappa shape index (κ2) is 14.3. The van der Waals surface area contributed by atoms with Crippen LogP contribution in [0.5, 0.6) is 0 Å². The van der Waals surface area contributed by atoms with Crippen molar-refractivity contribution in [1.82, 2.24) is 19.5 Å². The van der Waals surface area contributed by atoms with Crippen molar-refractivity contribution in [2.24, 2.45) is 0 Å². The fourth-order valence-corrected chi connectivity index (χ4v) is 6.21. The molecule has 0 atom stereocenters. The van der Waals surface area contributed by atoms with E-state index in [2.05, 4.69) is 86.6 Å².